The molecule has 0 saturated heterocycles. The standard InChI is InChI=1S/C12H15N3O7S/c1-4-20-9(16)8(15-22-12(18)19-3)7-6-23-10(13-7)14-11(17)21-5-2/h6H,4-5H2,1-3H3,(H,13,14,17). The number of esters is 1. The maximum atomic E-state index is 11.8. The van der Waals surface area contributed by atoms with E-state index in [9.17, 15) is 14.4 Å². The molecule has 0 unspecified atom stereocenters. The Morgan fingerprint density at radius 2 is 1.96 bits per heavy atom. The molecule has 1 amide bonds. The maximum absolute atomic E-state index is 11.8. The van der Waals surface area contributed by atoms with Crippen LogP contribution < -0.4 is 5.32 Å². The Kier molecular flexibility index (Phi) is 7.47. The average Bonchev–Trinajstić information content (AvgIpc) is 2.95. The van der Waals surface area contributed by atoms with Gasteiger partial charge in [-0.3, -0.25) is 10.2 Å². The highest BCUT2D eigenvalue weighted by Gasteiger charge is 2.21. The summed E-state index contributed by atoms with van der Waals surface area (Å²) in [5, 5.41) is 7.35. The normalized spacial score (nSPS) is 10.7. The van der Waals surface area contributed by atoms with Crippen LogP contribution >= 0.6 is 11.3 Å². The highest BCUT2D eigenvalue weighted by Crippen LogP contribution is 2.17. The summed E-state index contributed by atoms with van der Waals surface area (Å²) < 4.78 is 13.8. The molecule has 0 atom stereocenters. The van der Waals surface area contributed by atoms with Crippen molar-refractivity contribution in [3.63, 3.8) is 0 Å². The number of carbonyl (C=O) groups is 3. The predicted molar refractivity (Wildman–Crippen MR) is 79.4 cm³/mol. The van der Waals surface area contributed by atoms with Crippen LogP contribution in [0.4, 0.5) is 14.7 Å². The molecule has 23 heavy (non-hydrogen) atoms. The van der Waals surface area contributed by atoms with Crippen molar-refractivity contribution in [1.82, 2.24) is 4.98 Å². The van der Waals surface area contributed by atoms with Gasteiger partial charge in [0.05, 0.1) is 20.3 Å². The molecular weight excluding hydrogens is 330 g/mol. The second-order valence-corrected chi connectivity index (χ2v) is 4.45. The number of rotatable bonds is 6. The highest BCUT2D eigenvalue weighted by atomic mass is 32.1. The zero-order valence-corrected chi connectivity index (χ0v) is 13.5. The van der Waals surface area contributed by atoms with E-state index in [4.69, 9.17) is 9.47 Å². The Morgan fingerprint density at radius 3 is 2.57 bits per heavy atom. The molecule has 126 valence electrons. The molecule has 0 aliphatic rings. The lowest BCUT2D eigenvalue weighted by molar-refractivity contribution is -0.135. The molecule has 10 nitrogen and oxygen atoms in total. The summed E-state index contributed by atoms with van der Waals surface area (Å²) in [6, 6.07) is 0. The van der Waals surface area contributed by atoms with Crippen molar-refractivity contribution in [3.8, 4) is 0 Å². The minimum atomic E-state index is -1.10. The number of carbonyl (C=O) groups excluding carboxylic acids is 3. The number of ether oxygens (including phenoxy) is 3. The van der Waals surface area contributed by atoms with Gasteiger partial charge in [0.1, 0.15) is 5.69 Å². The number of hydrogen-bond acceptors (Lipinski definition) is 10. The largest absolute Gasteiger partial charge is 0.534 e. The number of oxime groups is 1. The number of hydrogen-bond donors (Lipinski definition) is 1. The number of nitrogens with one attached hydrogen (secondary N) is 1. The van der Waals surface area contributed by atoms with Crippen molar-refractivity contribution in [1.29, 1.82) is 0 Å². The Morgan fingerprint density at radius 1 is 1.26 bits per heavy atom. The Labute approximate surface area is 135 Å². The van der Waals surface area contributed by atoms with Crippen LogP contribution in [-0.4, -0.2) is 49.2 Å². The fourth-order valence-electron chi connectivity index (χ4n) is 1.20. The Bertz CT molecular complexity index is 599. The minimum Gasteiger partial charge on any atom is -0.461 e. The lowest BCUT2D eigenvalue weighted by Gasteiger charge is -2.03. The molecule has 0 saturated carbocycles. The summed E-state index contributed by atoms with van der Waals surface area (Å²) in [7, 11) is 1.09. The van der Waals surface area contributed by atoms with Gasteiger partial charge >= 0.3 is 18.2 Å². The van der Waals surface area contributed by atoms with Crippen LogP contribution in [0.1, 0.15) is 19.5 Å². The van der Waals surface area contributed by atoms with Gasteiger partial charge in [0.25, 0.3) is 0 Å². The van der Waals surface area contributed by atoms with E-state index in [2.05, 4.69) is 25.0 Å². The minimum absolute atomic E-state index is 0.0594. The molecular formula is C12H15N3O7S. The Balaban J connectivity index is 2.94. The monoisotopic (exact) mass is 345 g/mol. The summed E-state index contributed by atoms with van der Waals surface area (Å²) >= 11 is 1.02. The van der Waals surface area contributed by atoms with Gasteiger partial charge < -0.3 is 14.2 Å². The maximum Gasteiger partial charge on any atom is 0.534 e. The molecule has 1 rings (SSSR count). The molecule has 0 aliphatic heterocycles. The molecule has 11 heteroatoms. The topological polar surface area (TPSA) is 125 Å². The predicted octanol–water partition coefficient (Wildman–Crippen LogP) is 1.76. The van der Waals surface area contributed by atoms with E-state index in [1.54, 1.807) is 13.8 Å². The second-order valence-electron chi connectivity index (χ2n) is 3.59. The lowest BCUT2D eigenvalue weighted by atomic mass is 10.3. The molecule has 0 aliphatic carbocycles. The zero-order chi connectivity index (χ0) is 17.2. The fraction of sp³-hybridized carbons (Fsp3) is 0.417. The molecule has 1 aromatic heterocycles. The summed E-state index contributed by atoms with van der Waals surface area (Å²) in [5.41, 5.74) is -0.283. The first-order chi connectivity index (χ1) is 11.0. The van der Waals surface area contributed by atoms with E-state index >= 15 is 0 Å². The molecule has 1 aromatic rings. The van der Waals surface area contributed by atoms with Crippen molar-refractivity contribution in [2.45, 2.75) is 13.8 Å². The van der Waals surface area contributed by atoms with Gasteiger partial charge in [0, 0.05) is 5.38 Å². The van der Waals surface area contributed by atoms with Crippen molar-refractivity contribution in [2.75, 3.05) is 25.6 Å². The first-order valence-electron chi connectivity index (χ1n) is 6.41. The van der Waals surface area contributed by atoms with E-state index in [1.807, 2.05) is 0 Å². The van der Waals surface area contributed by atoms with E-state index in [0.29, 0.717) is 0 Å². The van der Waals surface area contributed by atoms with Gasteiger partial charge in [-0.05, 0) is 13.8 Å². The van der Waals surface area contributed by atoms with Crippen LogP contribution in [0, 0.1) is 0 Å². The van der Waals surface area contributed by atoms with Gasteiger partial charge in [-0.15, -0.1) is 11.3 Å². The summed E-state index contributed by atoms with van der Waals surface area (Å²) in [6.07, 6.45) is -1.79. The second kappa shape index (κ2) is 9.35. The fourth-order valence-corrected chi connectivity index (χ4v) is 1.88. The molecule has 1 heterocycles. The van der Waals surface area contributed by atoms with Crippen LogP contribution in [0.5, 0.6) is 0 Å². The van der Waals surface area contributed by atoms with Gasteiger partial charge in [-0.1, -0.05) is 5.16 Å². The number of nitrogens with zero attached hydrogens (tertiary/aromatic N) is 2. The molecule has 0 bridgehead atoms. The third-order valence-corrected chi connectivity index (χ3v) is 2.84. The third-order valence-electron chi connectivity index (χ3n) is 2.08. The number of amides is 1. The first kappa shape index (κ1) is 18.4. The van der Waals surface area contributed by atoms with E-state index < -0.39 is 18.2 Å². The summed E-state index contributed by atoms with van der Waals surface area (Å²) in [5.74, 6) is -0.843. The Hall–Kier alpha value is -2.69. The number of methoxy groups -OCH3 is 1. The molecule has 0 aromatic carbocycles. The first-order valence-corrected chi connectivity index (χ1v) is 7.29. The van der Waals surface area contributed by atoms with Crippen molar-refractivity contribution < 1.29 is 33.4 Å². The number of anilines is 1. The molecule has 1 N–H and O–H groups in total. The highest BCUT2D eigenvalue weighted by molar-refractivity contribution is 7.14. The van der Waals surface area contributed by atoms with Gasteiger partial charge in [0.2, 0.25) is 5.71 Å². The van der Waals surface area contributed by atoms with Crippen LogP contribution in [0.2, 0.25) is 0 Å². The smallest absolute Gasteiger partial charge is 0.461 e. The van der Waals surface area contributed by atoms with Crippen LogP contribution in [0.25, 0.3) is 0 Å². The molecule has 0 fully saturated rings. The van der Waals surface area contributed by atoms with Gasteiger partial charge in [-0.2, -0.15) is 0 Å². The van der Waals surface area contributed by atoms with Crippen molar-refractivity contribution >= 4 is 40.4 Å². The van der Waals surface area contributed by atoms with E-state index in [-0.39, 0.29) is 29.8 Å². The van der Waals surface area contributed by atoms with Gasteiger partial charge in [0.15, 0.2) is 5.13 Å². The van der Waals surface area contributed by atoms with E-state index in [0.717, 1.165) is 18.4 Å². The van der Waals surface area contributed by atoms with Crippen LogP contribution in [0.15, 0.2) is 10.5 Å². The quantitative estimate of drug-likeness (QED) is 0.272. The third kappa shape index (κ3) is 5.90. The molecule has 0 radical (unpaired) electrons. The summed E-state index contributed by atoms with van der Waals surface area (Å²) in [6.45, 7) is 3.55. The SMILES string of the molecule is CCOC(=O)Nc1nc(C(=NOC(=O)OC)C(=O)OCC)cs1. The lowest BCUT2D eigenvalue weighted by Crippen LogP contribution is -2.20. The van der Waals surface area contributed by atoms with Crippen molar-refractivity contribution in [3.05, 3.63) is 11.1 Å². The zero-order valence-electron chi connectivity index (χ0n) is 12.7. The number of thiazole rings is 1. The number of aromatic nitrogens is 1. The van der Waals surface area contributed by atoms with Crippen molar-refractivity contribution in [2.24, 2.45) is 5.16 Å². The van der Waals surface area contributed by atoms with Crippen LogP contribution in [0.3, 0.4) is 0 Å². The van der Waals surface area contributed by atoms with E-state index in [1.165, 1.54) is 5.38 Å². The molecule has 0 spiro atoms. The van der Waals surface area contributed by atoms with Crippen LogP contribution in [-0.2, 0) is 23.8 Å². The average molecular weight is 345 g/mol. The summed E-state index contributed by atoms with van der Waals surface area (Å²) in [4.78, 5) is 42.5. The van der Waals surface area contributed by atoms with Gasteiger partial charge in [-0.25, -0.2) is 19.4 Å².